The van der Waals surface area contributed by atoms with E-state index in [0.29, 0.717) is 35.8 Å². The van der Waals surface area contributed by atoms with E-state index in [1.54, 1.807) is 17.7 Å². The van der Waals surface area contributed by atoms with Crippen molar-refractivity contribution in [3.05, 3.63) is 34.6 Å². The predicted molar refractivity (Wildman–Crippen MR) is 108 cm³/mol. The van der Waals surface area contributed by atoms with E-state index >= 15 is 0 Å². The third-order valence-corrected chi connectivity index (χ3v) is 5.44. The Kier molecular flexibility index (Phi) is 6.31. The second kappa shape index (κ2) is 8.89. The molecule has 0 saturated heterocycles. The van der Waals surface area contributed by atoms with Crippen molar-refractivity contribution in [2.75, 3.05) is 19.3 Å². The van der Waals surface area contributed by atoms with Gasteiger partial charge in [-0.25, -0.2) is 0 Å². The molecule has 146 valence electrons. The number of fused-ring (bicyclic) bond motifs is 3. The average molecular weight is 398 g/mol. The van der Waals surface area contributed by atoms with E-state index in [1.807, 2.05) is 28.7 Å². The van der Waals surface area contributed by atoms with Crippen molar-refractivity contribution < 1.29 is 4.79 Å². The maximum absolute atomic E-state index is 12.9. The van der Waals surface area contributed by atoms with Gasteiger partial charge in [0.15, 0.2) is 5.16 Å². The van der Waals surface area contributed by atoms with Crippen LogP contribution in [0.25, 0.3) is 16.7 Å². The largest absolute Gasteiger partial charge is 0.344 e. The lowest BCUT2D eigenvalue weighted by atomic mass is 10.2. The number of amides is 1. The number of hydrogen-bond acceptors (Lipinski definition) is 6. The van der Waals surface area contributed by atoms with Gasteiger partial charge in [-0.05, 0) is 18.6 Å². The number of thioether (sulfide) groups is 1. The van der Waals surface area contributed by atoms with Crippen LogP contribution >= 0.6 is 11.8 Å². The average Bonchev–Trinajstić information content (AvgIpc) is 3.14. The molecule has 0 aliphatic heterocycles. The van der Waals surface area contributed by atoms with Crippen molar-refractivity contribution in [3.8, 4) is 6.07 Å². The van der Waals surface area contributed by atoms with Gasteiger partial charge in [0.1, 0.15) is 0 Å². The van der Waals surface area contributed by atoms with Gasteiger partial charge in [0.2, 0.25) is 11.7 Å². The molecule has 0 unspecified atom stereocenters. The van der Waals surface area contributed by atoms with Gasteiger partial charge >= 0.3 is 0 Å². The summed E-state index contributed by atoms with van der Waals surface area (Å²) in [5, 5.41) is 18.3. The van der Waals surface area contributed by atoms with Crippen LogP contribution < -0.4 is 5.56 Å². The predicted octanol–water partition coefficient (Wildman–Crippen LogP) is 2.31. The molecule has 0 N–H and O–H groups in total. The lowest BCUT2D eigenvalue weighted by Gasteiger charge is -2.15. The van der Waals surface area contributed by atoms with Gasteiger partial charge in [-0.3, -0.25) is 18.6 Å². The van der Waals surface area contributed by atoms with Crippen LogP contribution in [0.4, 0.5) is 0 Å². The number of aryl methyl sites for hydroxylation is 1. The number of aromatic nitrogens is 4. The van der Waals surface area contributed by atoms with Crippen LogP contribution in [-0.4, -0.2) is 49.3 Å². The van der Waals surface area contributed by atoms with Crippen LogP contribution in [0.3, 0.4) is 0 Å². The number of nitrogens with zero attached hydrogens (tertiary/aromatic N) is 6. The molecule has 8 nitrogen and oxygen atoms in total. The second-order valence-corrected chi connectivity index (χ2v) is 7.40. The van der Waals surface area contributed by atoms with Crippen LogP contribution in [0.5, 0.6) is 0 Å². The molecule has 9 heteroatoms. The van der Waals surface area contributed by atoms with Gasteiger partial charge in [-0.1, -0.05) is 37.2 Å². The molecule has 0 bridgehead atoms. The highest BCUT2D eigenvalue weighted by atomic mass is 32.2. The molecule has 0 fully saturated rings. The fourth-order valence-corrected chi connectivity index (χ4v) is 3.80. The number of para-hydroxylation sites is 1. The highest BCUT2D eigenvalue weighted by Crippen LogP contribution is 2.22. The van der Waals surface area contributed by atoms with Crippen LogP contribution in [0.15, 0.2) is 34.2 Å². The zero-order chi connectivity index (χ0) is 20.1. The first-order valence-corrected chi connectivity index (χ1v) is 10.2. The quantitative estimate of drug-likeness (QED) is 0.540. The summed E-state index contributed by atoms with van der Waals surface area (Å²) in [6, 6.07) is 9.41. The fraction of sp³-hybridized carbons (Fsp3) is 0.421. The van der Waals surface area contributed by atoms with E-state index in [2.05, 4.69) is 17.1 Å². The summed E-state index contributed by atoms with van der Waals surface area (Å²) in [5.74, 6) is 0.594. The number of rotatable bonds is 8. The molecule has 0 aliphatic rings. The SMILES string of the molecule is CCCCn1c(=O)c2ccccc2n2c(SCC(=O)N(C)CCC#N)nnc12. The first kappa shape index (κ1) is 19.9. The molecule has 3 rings (SSSR count). The molecule has 0 saturated carbocycles. The second-order valence-electron chi connectivity index (χ2n) is 6.46. The van der Waals surface area contributed by atoms with Crippen molar-refractivity contribution in [2.24, 2.45) is 0 Å². The zero-order valence-electron chi connectivity index (χ0n) is 16.0. The normalized spacial score (nSPS) is 11.0. The molecule has 28 heavy (non-hydrogen) atoms. The molecule has 1 amide bonds. The van der Waals surface area contributed by atoms with Crippen molar-refractivity contribution in [3.63, 3.8) is 0 Å². The van der Waals surface area contributed by atoms with Crippen LogP contribution in [0.2, 0.25) is 0 Å². The molecular formula is C19H22N6O2S. The minimum Gasteiger partial charge on any atom is -0.344 e. The number of carbonyl (C=O) groups excluding carboxylic acids is 1. The summed E-state index contributed by atoms with van der Waals surface area (Å²) in [7, 11) is 1.68. The molecule has 0 aliphatic carbocycles. The first-order valence-electron chi connectivity index (χ1n) is 9.18. The molecule has 0 spiro atoms. The minimum absolute atomic E-state index is 0.0761. The van der Waals surface area contributed by atoms with Gasteiger partial charge in [0, 0.05) is 20.1 Å². The van der Waals surface area contributed by atoms with Gasteiger partial charge in [0.25, 0.3) is 5.56 Å². The molecule has 0 atom stereocenters. The Balaban J connectivity index is 1.99. The lowest BCUT2D eigenvalue weighted by Crippen LogP contribution is -2.29. The Labute approximate surface area is 166 Å². The maximum atomic E-state index is 12.9. The van der Waals surface area contributed by atoms with Crippen molar-refractivity contribution in [2.45, 2.75) is 37.9 Å². The van der Waals surface area contributed by atoms with Crippen molar-refractivity contribution >= 4 is 34.3 Å². The van der Waals surface area contributed by atoms with Gasteiger partial charge in [-0.15, -0.1) is 10.2 Å². The monoisotopic (exact) mass is 398 g/mol. The molecule has 0 radical (unpaired) electrons. The van der Waals surface area contributed by atoms with Gasteiger partial charge in [-0.2, -0.15) is 5.26 Å². The number of benzene rings is 1. The van der Waals surface area contributed by atoms with Crippen molar-refractivity contribution in [1.29, 1.82) is 5.26 Å². The highest BCUT2D eigenvalue weighted by Gasteiger charge is 2.18. The fourth-order valence-electron chi connectivity index (χ4n) is 2.92. The molecule has 2 aromatic heterocycles. The van der Waals surface area contributed by atoms with E-state index in [9.17, 15) is 9.59 Å². The van der Waals surface area contributed by atoms with Gasteiger partial charge in [0.05, 0.1) is 29.1 Å². The summed E-state index contributed by atoms with van der Waals surface area (Å²) in [4.78, 5) is 26.7. The summed E-state index contributed by atoms with van der Waals surface area (Å²) in [5.41, 5.74) is 0.654. The van der Waals surface area contributed by atoms with Crippen LogP contribution in [0, 0.1) is 11.3 Å². The molecule has 1 aromatic carbocycles. The van der Waals surface area contributed by atoms with Crippen LogP contribution in [-0.2, 0) is 11.3 Å². The summed E-state index contributed by atoms with van der Waals surface area (Å²) in [6.07, 6.45) is 2.13. The maximum Gasteiger partial charge on any atom is 0.262 e. The van der Waals surface area contributed by atoms with Crippen LogP contribution in [0.1, 0.15) is 26.2 Å². The Hall–Kier alpha value is -2.86. The Bertz CT molecular complexity index is 1100. The van der Waals surface area contributed by atoms with Gasteiger partial charge < -0.3 is 4.90 Å². The number of unbranched alkanes of at least 4 members (excludes halogenated alkanes) is 1. The number of hydrogen-bond donors (Lipinski definition) is 0. The zero-order valence-corrected chi connectivity index (χ0v) is 16.8. The van der Waals surface area contributed by atoms with Crippen molar-refractivity contribution in [1.82, 2.24) is 24.1 Å². The lowest BCUT2D eigenvalue weighted by molar-refractivity contribution is -0.127. The molecular weight excluding hydrogens is 376 g/mol. The third kappa shape index (κ3) is 3.87. The standard InChI is InChI=1S/C19H22N6O2S/c1-3-4-12-24-17(27)14-8-5-6-9-15(14)25-18(24)21-22-19(25)28-13-16(26)23(2)11-7-10-20/h5-6,8-9H,3-4,7,11-13H2,1-2H3. The summed E-state index contributed by atoms with van der Waals surface area (Å²) >= 11 is 1.28. The first-order chi connectivity index (χ1) is 13.6. The Morgan fingerprint density at radius 1 is 1.32 bits per heavy atom. The van der Waals surface area contributed by atoms with E-state index in [4.69, 9.17) is 5.26 Å². The smallest absolute Gasteiger partial charge is 0.262 e. The molecule has 3 aromatic rings. The topological polar surface area (TPSA) is 96.3 Å². The minimum atomic E-state index is -0.0828. The number of nitriles is 1. The number of carbonyl (C=O) groups is 1. The Morgan fingerprint density at radius 3 is 2.86 bits per heavy atom. The van der Waals surface area contributed by atoms with E-state index in [1.165, 1.54) is 16.7 Å². The van der Waals surface area contributed by atoms with E-state index in [-0.39, 0.29) is 17.2 Å². The highest BCUT2D eigenvalue weighted by molar-refractivity contribution is 7.99. The molecule has 2 heterocycles. The summed E-state index contributed by atoms with van der Waals surface area (Å²) in [6.45, 7) is 3.04. The Morgan fingerprint density at radius 2 is 2.11 bits per heavy atom. The van der Waals surface area contributed by atoms with E-state index < -0.39 is 0 Å². The summed E-state index contributed by atoms with van der Waals surface area (Å²) < 4.78 is 3.50. The van der Waals surface area contributed by atoms with E-state index in [0.717, 1.165) is 18.4 Å². The third-order valence-electron chi connectivity index (χ3n) is 4.52.